The first-order chi connectivity index (χ1) is 9.11. The van der Waals surface area contributed by atoms with E-state index in [0.29, 0.717) is 11.5 Å². The molecule has 0 atom stereocenters. The summed E-state index contributed by atoms with van der Waals surface area (Å²) in [5.74, 6) is -1.04. The summed E-state index contributed by atoms with van der Waals surface area (Å²) in [6.07, 6.45) is 0. The topological polar surface area (TPSA) is 55.8 Å². The number of methoxy groups -OCH3 is 1. The molecule has 0 aliphatic carbocycles. The fourth-order valence-corrected chi connectivity index (χ4v) is 1.56. The van der Waals surface area contributed by atoms with E-state index in [1.807, 2.05) is 0 Å². The number of halogens is 1. The van der Waals surface area contributed by atoms with Crippen LogP contribution in [0.25, 0.3) is 0 Å². The molecule has 0 amide bonds. The Morgan fingerprint density at radius 1 is 1.16 bits per heavy atom. The number of para-hydroxylation sites is 2. The summed E-state index contributed by atoms with van der Waals surface area (Å²) in [7, 11) is 1.50. The maximum Gasteiger partial charge on any atom is 0.338 e. The molecule has 0 radical (unpaired) electrons. The maximum absolute atomic E-state index is 13.5. The molecule has 2 aromatic rings. The first-order valence-electron chi connectivity index (χ1n) is 5.45. The van der Waals surface area contributed by atoms with Crippen LogP contribution < -0.4 is 9.47 Å². The molecule has 0 bridgehead atoms. The Labute approximate surface area is 109 Å². The number of hydrogen-bond acceptors (Lipinski definition) is 3. The molecule has 0 aliphatic rings. The summed E-state index contributed by atoms with van der Waals surface area (Å²) >= 11 is 0. The summed E-state index contributed by atoms with van der Waals surface area (Å²) < 4.78 is 24.0. The standard InChI is InChI=1S/C14H11FO4/c1-18-12-4-2-3-5-13(12)19-9-6-7-10(14(16)17)11(15)8-9/h2-8H,1H3,(H,16,17). The predicted molar refractivity (Wildman–Crippen MR) is 66.4 cm³/mol. The number of carbonyl (C=O) groups is 1. The molecule has 0 aliphatic heterocycles. The third-order valence-electron chi connectivity index (χ3n) is 2.47. The normalized spacial score (nSPS) is 10.0. The van der Waals surface area contributed by atoms with Gasteiger partial charge in [-0.15, -0.1) is 0 Å². The van der Waals surface area contributed by atoms with Gasteiger partial charge in [-0.1, -0.05) is 12.1 Å². The lowest BCUT2D eigenvalue weighted by atomic mass is 10.2. The van der Waals surface area contributed by atoms with Gasteiger partial charge in [-0.3, -0.25) is 0 Å². The minimum absolute atomic E-state index is 0.201. The average molecular weight is 262 g/mol. The van der Waals surface area contributed by atoms with E-state index in [4.69, 9.17) is 14.6 Å². The Morgan fingerprint density at radius 2 is 1.84 bits per heavy atom. The van der Waals surface area contributed by atoms with E-state index in [9.17, 15) is 9.18 Å². The lowest BCUT2D eigenvalue weighted by Gasteiger charge is -2.10. The Kier molecular flexibility index (Phi) is 3.66. The van der Waals surface area contributed by atoms with Crippen molar-refractivity contribution in [1.82, 2.24) is 0 Å². The number of rotatable bonds is 4. The Balaban J connectivity index is 2.29. The summed E-state index contributed by atoms with van der Waals surface area (Å²) in [6, 6.07) is 10.5. The lowest BCUT2D eigenvalue weighted by molar-refractivity contribution is 0.0692. The van der Waals surface area contributed by atoms with Gasteiger partial charge in [0.15, 0.2) is 11.5 Å². The second-order valence-electron chi connectivity index (χ2n) is 3.70. The summed E-state index contributed by atoms with van der Waals surface area (Å²) in [6.45, 7) is 0. The Bertz CT molecular complexity index is 610. The number of ether oxygens (including phenoxy) is 2. The Morgan fingerprint density at radius 3 is 2.42 bits per heavy atom. The van der Waals surface area contributed by atoms with Crippen molar-refractivity contribution in [3.05, 3.63) is 53.8 Å². The zero-order chi connectivity index (χ0) is 13.8. The number of carboxylic acids is 1. The van der Waals surface area contributed by atoms with E-state index in [0.717, 1.165) is 12.1 Å². The molecule has 98 valence electrons. The minimum Gasteiger partial charge on any atom is -0.493 e. The fourth-order valence-electron chi connectivity index (χ4n) is 1.56. The molecule has 1 N–H and O–H groups in total. The molecule has 0 saturated heterocycles. The first-order valence-corrected chi connectivity index (χ1v) is 5.45. The summed E-state index contributed by atoms with van der Waals surface area (Å²) in [5, 5.41) is 8.73. The maximum atomic E-state index is 13.5. The van der Waals surface area contributed by atoms with Gasteiger partial charge in [0.1, 0.15) is 11.6 Å². The molecule has 0 heterocycles. The van der Waals surface area contributed by atoms with Crippen LogP contribution in [0.5, 0.6) is 17.2 Å². The molecule has 0 saturated carbocycles. The smallest absolute Gasteiger partial charge is 0.338 e. The van der Waals surface area contributed by atoms with Gasteiger partial charge >= 0.3 is 5.97 Å². The van der Waals surface area contributed by atoms with Crippen molar-refractivity contribution in [3.8, 4) is 17.2 Å². The zero-order valence-corrected chi connectivity index (χ0v) is 10.1. The highest BCUT2D eigenvalue weighted by atomic mass is 19.1. The highest BCUT2D eigenvalue weighted by molar-refractivity contribution is 5.88. The number of benzene rings is 2. The molecule has 0 fully saturated rings. The zero-order valence-electron chi connectivity index (χ0n) is 10.1. The largest absolute Gasteiger partial charge is 0.493 e. The van der Waals surface area contributed by atoms with Gasteiger partial charge in [0, 0.05) is 6.07 Å². The van der Waals surface area contributed by atoms with E-state index in [2.05, 4.69) is 0 Å². The van der Waals surface area contributed by atoms with Crippen LogP contribution in [-0.2, 0) is 0 Å². The SMILES string of the molecule is COc1ccccc1Oc1ccc(C(=O)O)c(F)c1. The summed E-state index contributed by atoms with van der Waals surface area (Å²) in [5.41, 5.74) is -0.396. The lowest BCUT2D eigenvalue weighted by Crippen LogP contribution is -2.00. The van der Waals surface area contributed by atoms with Gasteiger partial charge in [0.2, 0.25) is 0 Å². The molecule has 4 nitrogen and oxygen atoms in total. The van der Waals surface area contributed by atoms with Crippen LogP contribution in [0.4, 0.5) is 4.39 Å². The second-order valence-corrected chi connectivity index (χ2v) is 3.70. The predicted octanol–water partition coefficient (Wildman–Crippen LogP) is 3.32. The second kappa shape index (κ2) is 5.39. The van der Waals surface area contributed by atoms with Gasteiger partial charge in [-0.2, -0.15) is 0 Å². The van der Waals surface area contributed by atoms with E-state index in [1.54, 1.807) is 24.3 Å². The molecule has 19 heavy (non-hydrogen) atoms. The van der Waals surface area contributed by atoms with Crippen molar-refractivity contribution >= 4 is 5.97 Å². The molecular weight excluding hydrogens is 251 g/mol. The van der Waals surface area contributed by atoms with Crippen molar-refractivity contribution in [3.63, 3.8) is 0 Å². The van der Waals surface area contributed by atoms with Crippen LogP contribution in [-0.4, -0.2) is 18.2 Å². The van der Waals surface area contributed by atoms with Crippen LogP contribution in [0.2, 0.25) is 0 Å². The van der Waals surface area contributed by atoms with Gasteiger partial charge in [0.05, 0.1) is 12.7 Å². The highest BCUT2D eigenvalue weighted by Crippen LogP contribution is 2.31. The van der Waals surface area contributed by atoms with Gasteiger partial charge in [-0.25, -0.2) is 9.18 Å². The van der Waals surface area contributed by atoms with Crippen molar-refractivity contribution in [2.24, 2.45) is 0 Å². The molecule has 2 rings (SSSR count). The first kappa shape index (κ1) is 12.9. The van der Waals surface area contributed by atoms with Gasteiger partial charge in [-0.05, 0) is 24.3 Å². The van der Waals surface area contributed by atoms with Crippen LogP contribution in [0, 0.1) is 5.82 Å². The molecule has 0 spiro atoms. The third-order valence-corrected chi connectivity index (χ3v) is 2.47. The quantitative estimate of drug-likeness (QED) is 0.918. The molecular formula is C14H11FO4. The molecule has 2 aromatic carbocycles. The van der Waals surface area contributed by atoms with Gasteiger partial charge in [0.25, 0.3) is 0 Å². The fraction of sp³-hybridized carbons (Fsp3) is 0.0714. The number of hydrogen-bond donors (Lipinski definition) is 1. The Hall–Kier alpha value is -2.56. The van der Waals surface area contributed by atoms with Crippen LogP contribution in [0.3, 0.4) is 0 Å². The van der Waals surface area contributed by atoms with Gasteiger partial charge < -0.3 is 14.6 Å². The average Bonchev–Trinajstić information content (AvgIpc) is 2.39. The highest BCUT2D eigenvalue weighted by Gasteiger charge is 2.12. The summed E-state index contributed by atoms with van der Waals surface area (Å²) in [4.78, 5) is 10.7. The van der Waals surface area contributed by atoms with Crippen LogP contribution in [0.15, 0.2) is 42.5 Å². The van der Waals surface area contributed by atoms with E-state index >= 15 is 0 Å². The number of carboxylic acid groups (broad SMARTS) is 1. The van der Waals surface area contributed by atoms with Crippen LogP contribution in [0.1, 0.15) is 10.4 Å². The molecule has 0 aromatic heterocycles. The van der Waals surface area contributed by atoms with Crippen molar-refractivity contribution in [1.29, 1.82) is 0 Å². The van der Waals surface area contributed by atoms with Crippen molar-refractivity contribution in [2.45, 2.75) is 0 Å². The van der Waals surface area contributed by atoms with E-state index < -0.39 is 17.3 Å². The van der Waals surface area contributed by atoms with E-state index in [-0.39, 0.29) is 5.75 Å². The third kappa shape index (κ3) is 2.82. The van der Waals surface area contributed by atoms with E-state index in [1.165, 1.54) is 13.2 Å². The van der Waals surface area contributed by atoms with Crippen LogP contribution >= 0.6 is 0 Å². The van der Waals surface area contributed by atoms with Crippen molar-refractivity contribution in [2.75, 3.05) is 7.11 Å². The molecule has 0 unspecified atom stereocenters. The van der Waals surface area contributed by atoms with Crippen molar-refractivity contribution < 1.29 is 23.8 Å². The monoisotopic (exact) mass is 262 g/mol. The molecule has 5 heteroatoms. The number of aromatic carboxylic acids is 1. The minimum atomic E-state index is -1.32.